The maximum Gasteiger partial charge on any atom is 0.136 e. The second-order valence-electron chi connectivity index (χ2n) is 7.53. The Morgan fingerprint density at radius 1 is 1.32 bits per heavy atom. The summed E-state index contributed by atoms with van der Waals surface area (Å²) in [6, 6.07) is 6.60. The van der Waals surface area contributed by atoms with Gasteiger partial charge in [-0.15, -0.1) is 4.72 Å². The van der Waals surface area contributed by atoms with E-state index >= 15 is 0 Å². The third-order valence-electron chi connectivity index (χ3n) is 4.99. The van der Waals surface area contributed by atoms with Crippen LogP contribution in [0.15, 0.2) is 22.7 Å². The van der Waals surface area contributed by atoms with Crippen LogP contribution in [0.3, 0.4) is 0 Å². The summed E-state index contributed by atoms with van der Waals surface area (Å²) in [5, 5.41) is 3.47. The molecule has 2 atom stereocenters. The molecule has 5 heteroatoms. The molecule has 3 rings (SSSR count). The summed E-state index contributed by atoms with van der Waals surface area (Å²) >= 11 is 2.66. The first-order valence-corrected chi connectivity index (χ1v) is 9.94. The molecule has 0 aromatic heterocycles. The lowest BCUT2D eigenvalue weighted by Gasteiger charge is -2.40. The lowest BCUT2D eigenvalue weighted by atomic mass is 9.73. The highest BCUT2D eigenvalue weighted by Crippen LogP contribution is 2.53. The molecule has 1 aliphatic heterocycles. The molecular weight excluding hydrogens is 360 g/mol. The molecule has 122 valence electrons. The molecule has 1 saturated heterocycles. The molecular formula is C17H25BrN2OS. The van der Waals surface area contributed by atoms with Crippen molar-refractivity contribution >= 4 is 27.3 Å². The number of hydrogen-bond acceptors (Lipinski definition) is 3. The molecule has 0 bridgehead atoms. The lowest BCUT2D eigenvalue weighted by molar-refractivity contribution is 0.163. The van der Waals surface area contributed by atoms with Crippen molar-refractivity contribution < 1.29 is 4.55 Å². The summed E-state index contributed by atoms with van der Waals surface area (Å²) in [5.74, 6) is 0. The van der Waals surface area contributed by atoms with Crippen LogP contribution in [-0.4, -0.2) is 22.4 Å². The minimum atomic E-state index is -1.05. The molecule has 1 spiro atoms. The molecule has 22 heavy (non-hydrogen) atoms. The predicted octanol–water partition coefficient (Wildman–Crippen LogP) is 3.47. The molecule has 0 unspecified atom stereocenters. The van der Waals surface area contributed by atoms with Gasteiger partial charge < -0.3 is 9.87 Å². The highest BCUT2D eigenvalue weighted by Gasteiger charge is 2.49. The largest absolute Gasteiger partial charge is 0.598 e. The van der Waals surface area contributed by atoms with Crippen LogP contribution in [0.1, 0.15) is 50.8 Å². The second kappa shape index (κ2) is 6.10. The van der Waals surface area contributed by atoms with Crippen molar-refractivity contribution in [3.05, 3.63) is 33.8 Å². The van der Waals surface area contributed by atoms with E-state index in [1.165, 1.54) is 15.6 Å². The first-order valence-electron chi connectivity index (χ1n) is 8.00. The Hall–Kier alpha value is -0.0700. The van der Waals surface area contributed by atoms with E-state index in [-0.39, 0.29) is 16.2 Å². The monoisotopic (exact) mass is 384 g/mol. The van der Waals surface area contributed by atoms with Crippen LogP contribution < -0.4 is 10.0 Å². The average Bonchev–Trinajstić information content (AvgIpc) is 2.74. The molecule has 1 aromatic rings. The summed E-state index contributed by atoms with van der Waals surface area (Å²) < 4.78 is 17.1. The molecule has 3 nitrogen and oxygen atoms in total. The molecule has 2 aliphatic rings. The summed E-state index contributed by atoms with van der Waals surface area (Å²) in [5.41, 5.74) is 2.92. The first-order chi connectivity index (χ1) is 10.3. The number of halogens is 1. The predicted molar refractivity (Wildman–Crippen MR) is 96.2 cm³/mol. The third-order valence-corrected chi connectivity index (χ3v) is 7.29. The number of piperidine rings is 1. The zero-order chi connectivity index (χ0) is 16.0. The van der Waals surface area contributed by atoms with Gasteiger partial charge in [-0.05, 0) is 70.3 Å². The average molecular weight is 385 g/mol. The van der Waals surface area contributed by atoms with Crippen molar-refractivity contribution in [1.82, 2.24) is 10.0 Å². The van der Waals surface area contributed by atoms with E-state index in [1.807, 2.05) is 20.8 Å². The smallest absolute Gasteiger partial charge is 0.136 e. The quantitative estimate of drug-likeness (QED) is 0.767. The van der Waals surface area contributed by atoms with E-state index < -0.39 is 11.4 Å². The Bertz CT molecular complexity index is 552. The number of hydrogen-bond donors (Lipinski definition) is 2. The van der Waals surface area contributed by atoms with Gasteiger partial charge in [-0.2, -0.15) is 0 Å². The standard InChI is InChI=1S/C17H25BrN2OS/c1-16(2,3)22(21)20-15-12-5-4-6-14(18)13(12)11-17(15)7-9-19-10-8-17/h4-6,15,19-20H,7-11H2,1-3H3/t15-,22-/m1/s1. The summed E-state index contributed by atoms with van der Waals surface area (Å²) in [7, 11) is 0. The Kier molecular flexibility index (Phi) is 4.65. The zero-order valence-electron chi connectivity index (χ0n) is 13.5. The van der Waals surface area contributed by atoms with E-state index in [1.54, 1.807) is 0 Å². The molecule has 1 heterocycles. The highest BCUT2D eigenvalue weighted by atomic mass is 79.9. The minimum absolute atomic E-state index is 0.183. The Morgan fingerprint density at radius 2 is 2.00 bits per heavy atom. The molecule has 1 aliphatic carbocycles. The van der Waals surface area contributed by atoms with Crippen LogP contribution in [0.4, 0.5) is 0 Å². The van der Waals surface area contributed by atoms with Gasteiger partial charge in [0.25, 0.3) is 0 Å². The van der Waals surface area contributed by atoms with Crippen LogP contribution in [-0.2, 0) is 17.8 Å². The fourth-order valence-corrected chi connectivity index (χ4v) is 5.15. The van der Waals surface area contributed by atoms with Crippen molar-refractivity contribution in [1.29, 1.82) is 0 Å². The Morgan fingerprint density at radius 3 is 2.64 bits per heavy atom. The van der Waals surface area contributed by atoms with E-state index in [4.69, 9.17) is 0 Å². The van der Waals surface area contributed by atoms with Gasteiger partial charge in [0, 0.05) is 21.2 Å². The molecule has 1 fully saturated rings. The van der Waals surface area contributed by atoms with E-state index in [2.05, 4.69) is 44.2 Å². The number of fused-ring (bicyclic) bond motifs is 1. The van der Waals surface area contributed by atoms with Crippen molar-refractivity contribution in [3.63, 3.8) is 0 Å². The third kappa shape index (κ3) is 2.98. The van der Waals surface area contributed by atoms with Crippen LogP contribution in [0.2, 0.25) is 0 Å². The number of nitrogens with one attached hydrogen (secondary N) is 2. The SMILES string of the molecule is CC(C)(C)[S@@+]([O-])N[C@@H]1c2cccc(Br)c2CC12CCNCC2. The Labute approximate surface area is 145 Å². The first kappa shape index (κ1) is 16.8. The maximum absolute atomic E-state index is 12.7. The van der Waals surface area contributed by atoms with Crippen molar-refractivity contribution in [2.45, 2.75) is 50.8 Å². The molecule has 2 N–H and O–H groups in total. The molecule has 1 aromatic carbocycles. The zero-order valence-corrected chi connectivity index (χ0v) is 15.9. The van der Waals surface area contributed by atoms with Crippen molar-refractivity contribution in [3.8, 4) is 0 Å². The van der Waals surface area contributed by atoms with Gasteiger partial charge in [0.1, 0.15) is 4.75 Å². The molecule has 0 radical (unpaired) electrons. The summed E-state index contributed by atoms with van der Waals surface area (Å²) in [6.07, 6.45) is 3.34. The summed E-state index contributed by atoms with van der Waals surface area (Å²) in [6.45, 7) is 8.18. The van der Waals surface area contributed by atoms with Gasteiger partial charge in [-0.1, -0.05) is 28.1 Å². The van der Waals surface area contributed by atoms with E-state index in [0.29, 0.717) is 0 Å². The Balaban J connectivity index is 1.97. The fraction of sp³-hybridized carbons (Fsp3) is 0.647. The van der Waals surface area contributed by atoms with Gasteiger partial charge in [-0.25, -0.2) is 0 Å². The maximum atomic E-state index is 12.7. The number of rotatable bonds is 2. The topological polar surface area (TPSA) is 47.1 Å². The fourth-order valence-electron chi connectivity index (χ4n) is 3.68. The van der Waals surface area contributed by atoms with Crippen LogP contribution in [0.25, 0.3) is 0 Å². The van der Waals surface area contributed by atoms with Gasteiger partial charge in [-0.3, -0.25) is 0 Å². The minimum Gasteiger partial charge on any atom is -0.598 e. The van der Waals surface area contributed by atoms with Crippen LogP contribution in [0, 0.1) is 5.41 Å². The molecule has 0 amide bonds. The number of benzene rings is 1. The van der Waals surface area contributed by atoms with Crippen LogP contribution >= 0.6 is 15.9 Å². The second-order valence-corrected chi connectivity index (χ2v) is 10.4. The summed E-state index contributed by atoms with van der Waals surface area (Å²) in [4.78, 5) is 0. The van der Waals surface area contributed by atoms with Gasteiger partial charge >= 0.3 is 0 Å². The van der Waals surface area contributed by atoms with Gasteiger partial charge in [0.05, 0.1) is 6.04 Å². The van der Waals surface area contributed by atoms with Crippen molar-refractivity contribution in [2.24, 2.45) is 5.41 Å². The van der Waals surface area contributed by atoms with Crippen LogP contribution in [0.5, 0.6) is 0 Å². The highest BCUT2D eigenvalue weighted by molar-refractivity contribution is 9.10. The van der Waals surface area contributed by atoms with E-state index in [9.17, 15) is 4.55 Å². The normalized spacial score (nSPS) is 25.2. The van der Waals surface area contributed by atoms with Gasteiger partial charge in [0.15, 0.2) is 0 Å². The lowest BCUT2D eigenvalue weighted by Crippen LogP contribution is -2.48. The van der Waals surface area contributed by atoms with Gasteiger partial charge in [0.2, 0.25) is 0 Å². The molecule has 0 saturated carbocycles. The van der Waals surface area contributed by atoms with E-state index in [0.717, 1.165) is 32.4 Å². The van der Waals surface area contributed by atoms with Crippen molar-refractivity contribution in [2.75, 3.05) is 13.1 Å².